The molecule has 1 N–H and O–H groups in total. The average molecular weight is 355 g/mol. The largest absolute Gasteiger partial charge is 0.342 e. The molecule has 128 valence electrons. The Balaban J connectivity index is 0.00000192. The number of hydrogen-bond donors (Lipinski definition) is 1. The number of carbonyl (C=O) groups excluding carboxylic acids is 1. The van der Waals surface area contributed by atoms with E-state index in [-0.39, 0.29) is 17.7 Å². The van der Waals surface area contributed by atoms with Crippen LogP contribution < -0.4 is 5.32 Å². The highest BCUT2D eigenvalue weighted by molar-refractivity contribution is 8.00. The Morgan fingerprint density at radius 1 is 1.26 bits per heavy atom. The number of nitrogens with zero attached hydrogens (tertiary/aromatic N) is 1. The second kappa shape index (κ2) is 8.41. The molecule has 23 heavy (non-hydrogen) atoms. The maximum absolute atomic E-state index is 12.8. The van der Waals surface area contributed by atoms with Gasteiger partial charge in [0.25, 0.3) is 0 Å². The number of halogens is 1. The zero-order valence-corrected chi connectivity index (χ0v) is 15.4. The third kappa shape index (κ3) is 4.43. The normalized spacial score (nSPS) is 21.0. The van der Waals surface area contributed by atoms with E-state index in [1.807, 2.05) is 18.2 Å². The predicted molar refractivity (Wildman–Crippen MR) is 99.4 cm³/mol. The highest BCUT2D eigenvalue weighted by atomic mass is 35.5. The maximum Gasteiger partial charge on any atom is 0.236 e. The van der Waals surface area contributed by atoms with Crippen molar-refractivity contribution in [1.29, 1.82) is 0 Å². The fourth-order valence-corrected chi connectivity index (χ4v) is 4.66. The quantitative estimate of drug-likeness (QED) is 0.839. The summed E-state index contributed by atoms with van der Waals surface area (Å²) in [5, 5.41) is 3.54. The minimum atomic E-state index is 0. The van der Waals surface area contributed by atoms with Gasteiger partial charge >= 0.3 is 0 Å². The van der Waals surface area contributed by atoms with Gasteiger partial charge in [0.15, 0.2) is 0 Å². The van der Waals surface area contributed by atoms with Gasteiger partial charge in [0.1, 0.15) is 0 Å². The second-order valence-electron chi connectivity index (χ2n) is 6.58. The zero-order chi connectivity index (χ0) is 15.4. The van der Waals surface area contributed by atoms with Crippen molar-refractivity contribution in [2.24, 2.45) is 5.41 Å². The van der Waals surface area contributed by atoms with Gasteiger partial charge in [-0.1, -0.05) is 25.1 Å². The molecule has 2 aliphatic rings. The molecule has 1 atom stereocenters. The molecule has 2 aliphatic heterocycles. The molecule has 5 heteroatoms. The summed E-state index contributed by atoms with van der Waals surface area (Å²) in [4.78, 5) is 16.1. The van der Waals surface area contributed by atoms with Crippen molar-refractivity contribution in [1.82, 2.24) is 10.2 Å². The molecule has 0 aliphatic carbocycles. The van der Waals surface area contributed by atoms with Crippen molar-refractivity contribution in [2.45, 2.75) is 42.8 Å². The number of rotatable bonds is 4. The summed E-state index contributed by atoms with van der Waals surface area (Å²) in [5.74, 6) is 0.331. The van der Waals surface area contributed by atoms with E-state index in [2.05, 4.69) is 29.3 Å². The van der Waals surface area contributed by atoms with E-state index in [0.29, 0.717) is 11.3 Å². The van der Waals surface area contributed by atoms with Gasteiger partial charge in [-0.05, 0) is 49.8 Å². The fraction of sp³-hybridized carbons (Fsp3) is 0.611. The molecule has 2 fully saturated rings. The first-order chi connectivity index (χ1) is 10.7. The Kier molecular flexibility index (Phi) is 6.81. The van der Waals surface area contributed by atoms with Crippen LogP contribution in [0.3, 0.4) is 0 Å². The summed E-state index contributed by atoms with van der Waals surface area (Å²) in [7, 11) is 0. The predicted octanol–water partition coefficient (Wildman–Crippen LogP) is 3.58. The molecule has 1 spiro atoms. The zero-order valence-electron chi connectivity index (χ0n) is 13.8. The lowest BCUT2D eigenvalue weighted by Gasteiger charge is -2.40. The molecule has 0 radical (unpaired) electrons. The van der Waals surface area contributed by atoms with E-state index in [9.17, 15) is 4.79 Å². The summed E-state index contributed by atoms with van der Waals surface area (Å²) in [6.07, 6.45) is 4.50. The number of benzene rings is 1. The smallest absolute Gasteiger partial charge is 0.236 e. The van der Waals surface area contributed by atoms with Crippen LogP contribution in [-0.2, 0) is 4.79 Å². The van der Waals surface area contributed by atoms with E-state index >= 15 is 0 Å². The minimum Gasteiger partial charge on any atom is -0.342 e. The topological polar surface area (TPSA) is 32.3 Å². The number of nitrogens with one attached hydrogen (secondary N) is 1. The summed E-state index contributed by atoms with van der Waals surface area (Å²) in [5.41, 5.74) is 0.477. The summed E-state index contributed by atoms with van der Waals surface area (Å²) < 4.78 is 0. The summed E-state index contributed by atoms with van der Waals surface area (Å²) in [6.45, 7) is 6.28. The van der Waals surface area contributed by atoms with Crippen molar-refractivity contribution >= 4 is 30.1 Å². The van der Waals surface area contributed by atoms with Crippen molar-refractivity contribution in [2.75, 3.05) is 26.2 Å². The first-order valence-electron chi connectivity index (χ1n) is 8.44. The number of hydrogen-bond acceptors (Lipinski definition) is 3. The monoisotopic (exact) mass is 354 g/mol. The van der Waals surface area contributed by atoms with E-state index in [0.717, 1.165) is 45.4 Å². The Labute approximate surface area is 150 Å². The van der Waals surface area contributed by atoms with Gasteiger partial charge < -0.3 is 10.2 Å². The summed E-state index contributed by atoms with van der Waals surface area (Å²) >= 11 is 1.71. The second-order valence-corrected chi connectivity index (χ2v) is 7.86. The molecule has 2 saturated heterocycles. The van der Waals surface area contributed by atoms with E-state index in [1.165, 1.54) is 11.3 Å². The van der Waals surface area contributed by atoms with Crippen LogP contribution in [0.1, 0.15) is 32.6 Å². The lowest BCUT2D eigenvalue weighted by atomic mass is 9.78. The SMILES string of the molecule is CCC(Sc1ccccc1)C(=O)N1CCC2(CCNC2)CC1.Cl. The first kappa shape index (κ1) is 18.6. The molecule has 2 heterocycles. The van der Waals surface area contributed by atoms with Crippen LogP contribution in [0.25, 0.3) is 0 Å². The molecule has 0 aromatic heterocycles. The third-order valence-corrected chi connectivity index (χ3v) is 6.50. The van der Waals surface area contributed by atoms with Crippen molar-refractivity contribution in [3.05, 3.63) is 30.3 Å². The number of thioether (sulfide) groups is 1. The molecule has 3 nitrogen and oxygen atoms in total. The number of amides is 1. The molecule has 1 amide bonds. The van der Waals surface area contributed by atoms with Gasteiger partial charge in [-0.15, -0.1) is 24.2 Å². The molecule has 1 unspecified atom stereocenters. The highest BCUT2D eigenvalue weighted by Crippen LogP contribution is 2.37. The lowest BCUT2D eigenvalue weighted by molar-refractivity contribution is -0.132. The van der Waals surface area contributed by atoms with Crippen molar-refractivity contribution < 1.29 is 4.79 Å². The van der Waals surface area contributed by atoms with E-state index in [1.54, 1.807) is 11.8 Å². The Morgan fingerprint density at radius 3 is 2.52 bits per heavy atom. The number of carbonyl (C=O) groups is 1. The standard InChI is InChI=1S/C18H26N2OS.ClH/c1-2-16(22-15-6-4-3-5-7-15)17(21)20-12-9-18(10-13-20)8-11-19-14-18;/h3-7,16,19H,2,8-14H2,1H3;1H. The van der Waals surface area contributed by atoms with E-state index in [4.69, 9.17) is 0 Å². The van der Waals surface area contributed by atoms with Crippen LogP contribution in [-0.4, -0.2) is 42.2 Å². The maximum atomic E-state index is 12.8. The van der Waals surface area contributed by atoms with Gasteiger partial charge in [0, 0.05) is 24.5 Å². The van der Waals surface area contributed by atoms with Crippen LogP contribution in [0.4, 0.5) is 0 Å². The highest BCUT2D eigenvalue weighted by Gasteiger charge is 2.39. The molecule has 0 bridgehead atoms. The van der Waals surface area contributed by atoms with Crippen LogP contribution in [0.15, 0.2) is 35.2 Å². The molecule has 0 saturated carbocycles. The van der Waals surface area contributed by atoms with Gasteiger partial charge in [-0.25, -0.2) is 0 Å². The van der Waals surface area contributed by atoms with E-state index < -0.39 is 0 Å². The Morgan fingerprint density at radius 2 is 1.96 bits per heavy atom. The van der Waals surface area contributed by atoms with Gasteiger partial charge in [-0.2, -0.15) is 0 Å². The van der Waals surface area contributed by atoms with Gasteiger partial charge in [-0.3, -0.25) is 4.79 Å². The van der Waals surface area contributed by atoms with Crippen LogP contribution >= 0.6 is 24.2 Å². The lowest BCUT2D eigenvalue weighted by Crippen LogP contribution is -2.46. The van der Waals surface area contributed by atoms with Crippen LogP contribution in [0, 0.1) is 5.41 Å². The molecule has 3 rings (SSSR count). The number of likely N-dealkylation sites (tertiary alicyclic amines) is 1. The first-order valence-corrected chi connectivity index (χ1v) is 9.32. The minimum absolute atomic E-state index is 0. The fourth-order valence-electron chi connectivity index (χ4n) is 3.60. The van der Waals surface area contributed by atoms with Crippen molar-refractivity contribution in [3.63, 3.8) is 0 Å². The van der Waals surface area contributed by atoms with Crippen LogP contribution in [0.2, 0.25) is 0 Å². The molecule has 1 aromatic rings. The third-order valence-electron chi connectivity index (χ3n) is 5.14. The Bertz CT molecular complexity index is 495. The average Bonchev–Trinajstić information content (AvgIpc) is 3.02. The molecule has 1 aromatic carbocycles. The number of piperidine rings is 1. The van der Waals surface area contributed by atoms with Gasteiger partial charge in [0.05, 0.1) is 5.25 Å². The molecular weight excluding hydrogens is 328 g/mol. The summed E-state index contributed by atoms with van der Waals surface area (Å²) in [6, 6.07) is 10.3. The van der Waals surface area contributed by atoms with Crippen molar-refractivity contribution in [3.8, 4) is 0 Å². The molecular formula is C18H27ClN2OS. The Hall–Kier alpha value is -0.710. The van der Waals surface area contributed by atoms with Gasteiger partial charge in [0.2, 0.25) is 5.91 Å². The van der Waals surface area contributed by atoms with Crippen LogP contribution in [0.5, 0.6) is 0 Å².